The number of nitro benzene ring substituents is 1. The van der Waals surface area contributed by atoms with Gasteiger partial charge in [0.2, 0.25) is 5.91 Å². The predicted molar refractivity (Wildman–Crippen MR) is 100 cm³/mol. The second kappa shape index (κ2) is 9.19. The summed E-state index contributed by atoms with van der Waals surface area (Å²) >= 11 is 7.38. The van der Waals surface area contributed by atoms with E-state index in [1.165, 1.54) is 12.1 Å². The Morgan fingerprint density at radius 3 is 2.44 bits per heavy atom. The number of non-ortho nitro benzene ring substituents is 1. The first-order valence-corrected chi connectivity index (χ1v) is 8.78. The quantitative estimate of drug-likeness (QED) is 0.338. The summed E-state index contributed by atoms with van der Waals surface area (Å²) in [7, 11) is 0. The third kappa shape index (κ3) is 6.21. The van der Waals surface area contributed by atoms with E-state index < -0.39 is 4.92 Å². The third-order valence-corrected chi connectivity index (χ3v) is 4.52. The van der Waals surface area contributed by atoms with Crippen molar-refractivity contribution in [3.63, 3.8) is 0 Å². The van der Waals surface area contributed by atoms with E-state index >= 15 is 0 Å². The summed E-state index contributed by atoms with van der Waals surface area (Å²) in [6.07, 6.45) is 0.324. The van der Waals surface area contributed by atoms with Crippen LogP contribution in [-0.4, -0.2) is 22.3 Å². The summed E-state index contributed by atoms with van der Waals surface area (Å²) in [6, 6.07) is 13.4. The molecule has 0 fully saturated rings. The zero-order valence-corrected chi connectivity index (χ0v) is 15.0. The number of halogens is 1. The number of nitrogens with one attached hydrogen (secondary N) is 1. The fraction of sp³-hybridized carbons (Fsp3) is 0.176. The minimum Gasteiger partial charge on any atom is -0.273 e. The molecule has 0 radical (unpaired) electrons. The average Bonchev–Trinajstić information content (AvgIpc) is 2.61. The van der Waals surface area contributed by atoms with E-state index in [0.717, 1.165) is 4.90 Å². The molecule has 0 bridgehead atoms. The van der Waals surface area contributed by atoms with E-state index in [2.05, 4.69) is 10.5 Å². The highest BCUT2D eigenvalue weighted by atomic mass is 35.5. The van der Waals surface area contributed by atoms with Crippen LogP contribution in [0.15, 0.2) is 58.5 Å². The lowest BCUT2D eigenvalue weighted by molar-refractivity contribution is -0.384. The Bertz CT molecular complexity index is 777. The van der Waals surface area contributed by atoms with Gasteiger partial charge in [0.25, 0.3) is 5.69 Å². The molecule has 0 heterocycles. The minimum atomic E-state index is -0.462. The molecule has 130 valence electrons. The van der Waals surface area contributed by atoms with Gasteiger partial charge in [-0.1, -0.05) is 11.6 Å². The van der Waals surface area contributed by atoms with Gasteiger partial charge in [0.1, 0.15) is 0 Å². The monoisotopic (exact) mass is 377 g/mol. The van der Waals surface area contributed by atoms with Crippen LogP contribution < -0.4 is 5.43 Å². The molecule has 0 aromatic heterocycles. The van der Waals surface area contributed by atoms with Crippen LogP contribution in [0.5, 0.6) is 0 Å². The lowest BCUT2D eigenvalue weighted by Crippen LogP contribution is -2.19. The van der Waals surface area contributed by atoms with Gasteiger partial charge in [-0.2, -0.15) is 5.10 Å². The maximum Gasteiger partial charge on any atom is 0.269 e. The number of nitrogens with zero attached hydrogens (tertiary/aromatic N) is 2. The van der Waals surface area contributed by atoms with Crippen molar-refractivity contribution >= 4 is 40.7 Å². The highest BCUT2D eigenvalue weighted by Gasteiger charge is 2.06. The topological polar surface area (TPSA) is 84.6 Å². The molecule has 0 aliphatic rings. The second-order valence-electron chi connectivity index (χ2n) is 5.09. The largest absolute Gasteiger partial charge is 0.273 e. The first-order valence-electron chi connectivity index (χ1n) is 7.42. The first-order chi connectivity index (χ1) is 12.0. The van der Waals surface area contributed by atoms with Gasteiger partial charge >= 0.3 is 0 Å². The molecule has 0 spiro atoms. The molecule has 0 saturated heterocycles. The molecule has 0 atom stereocenters. The lowest BCUT2D eigenvalue weighted by Gasteiger charge is -2.04. The fourth-order valence-electron chi connectivity index (χ4n) is 1.88. The highest BCUT2D eigenvalue weighted by Crippen LogP contribution is 2.20. The maximum absolute atomic E-state index is 11.8. The number of hydrogen-bond acceptors (Lipinski definition) is 5. The fourth-order valence-corrected chi connectivity index (χ4v) is 2.86. The van der Waals surface area contributed by atoms with E-state index in [4.69, 9.17) is 11.6 Å². The van der Waals surface area contributed by atoms with E-state index in [1.807, 2.05) is 24.3 Å². The van der Waals surface area contributed by atoms with Crippen LogP contribution in [0.3, 0.4) is 0 Å². The van der Waals surface area contributed by atoms with Crippen molar-refractivity contribution in [2.45, 2.75) is 18.2 Å². The van der Waals surface area contributed by atoms with Crippen LogP contribution in [0.2, 0.25) is 5.02 Å². The third-order valence-electron chi connectivity index (χ3n) is 3.26. The Morgan fingerprint density at radius 1 is 1.20 bits per heavy atom. The molecular weight excluding hydrogens is 362 g/mol. The van der Waals surface area contributed by atoms with E-state index in [0.29, 0.717) is 28.5 Å². The Labute approximate surface area is 154 Å². The smallest absolute Gasteiger partial charge is 0.269 e. The van der Waals surface area contributed by atoms with Crippen LogP contribution in [0.1, 0.15) is 18.9 Å². The molecule has 0 unspecified atom stereocenters. The summed E-state index contributed by atoms with van der Waals surface area (Å²) in [6.45, 7) is 1.73. The van der Waals surface area contributed by atoms with Crippen molar-refractivity contribution in [2.75, 3.05) is 5.75 Å². The Hall–Kier alpha value is -2.38. The van der Waals surface area contributed by atoms with Crippen molar-refractivity contribution in [2.24, 2.45) is 5.10 Å². The lowest BCUT2D eigenvalue weighted by atomic mass is 10.1. The number of carbonyl (C=O) groups is 1. The number of hydrazone groups is 1. The van der Waals surface area contributed by atoms with Gasteiger partial charge in [-0.3, -0.25) is 14.9 Å². The number of hydrogen-bond donors (Lipinski definition) is 1. The van der Waals surface area contributed by atoms with Gasteiger partial charge in [0, 0.05) is 34.2 Å². The van der Waals surface area contributed by atoms with Crippen molar-refractivity contribution in [3.8, 4) is 0 Å². The summed E-state index contributed by atoms with van der Waals surface area (Å²) in [5.74, 6) is 0.433. The van der Waals surface area contributed by atoms with Crippen LogP contribution in [0.4, 0.5) is 5.69 Å². The Kier molecular flexibility index (Phi) is 6.97. The summed E-state index contributed by atoms with van der Waals surface area (Å²) in [5.41, 5.74) is 3.80. The number of thioether (sulfide) groups is 1. The molecule has 2 rings (SSSR count). The van der Waals surface area contributed by atoms with Crippen LogP contribution in [-0.2, 0) is 4.79 Å². The average molecular weight is 378 g/mol. The van der Waals surface area contributed by atoms with Crippen molar-refractivity contribution in [1.82, 2.24) is 5.43 Å². The molecule has 2 aromatic carbocycles. The molecular formula is C17H16ClN3O3S. The summed E-state index contributed by atoms with van der Waals surface area (Å²) in [5, 5.41) is 15.3. The SMILES string of the molecule is C/C(=N/NC(=O)CCSc1ccc(Cl)cc1)c1ccc([N+](=O)[O-])cc1. The molecule has 1 amide bonds. The van der Waals surface area contributed by atoms with Crippen LogP contribution >= 0.6 is 23.4 Å². The van der Waals surface area contributed by atoms with Crippen molar-refractivity contribution < 1.29 is 9.72 Å². The standard InChI is InChI=1S/C17H16ClN3O3S/c1-12(13-2-6-15(7-3-13)21(23)24)19-20-17(22)10-11-25-16-8-4-14(18)5-9-16/h2-9H,10-11H2,1H3,(H,20,22)/b19-12-. The minimum absolute atomic E-state index is 0.0137. The van der Waals surface area contributed by atoms with Gasteiger partial charge in [-0.15, -0.1) is 11.8 Å². The van der Waals surface area contributed by atoms with E-state index in [1.54, 1.807) is 30.8 Å². The number of carbonyl (C=O) groups excluding carboxylic acids is 1. The number of amides is 1. The van der Waals surface area contributed by atoms with E-state index in [9.17, 15) is 14.9 Å². The van der Waals surface area contributed by atoms with Crippen LogP contribution in [0.25, 0.3) is 0 Å². The van der Waals surface area contributed by atoms with E-state index in [-0.39, 0.29) is 11.6 Å². The molecule has 25 heavy (non-hydrogen) atoms. The number of benzene rings is 2. The summed E-state index contributed by atoms with van der Waals surface area (Å²) in [4.78, 5) is 23.0. The Morgan fingerprint density at radius 2 is 1.84 bits per heavy atom. The maximum atomic E-state index is 11.8. The van der Waals surface area contributed by atoms with Crippen molar-refractivity contribution in [3.05, 3.63) is 69.2 Å². The number of nitro groups is 1. The first kappa shape index (κ1) is 19.0. The molecule has 0 saturated carbocycles. The van der Waals surface area contributed by atoms with Gasteiger partial charge in [0.15, 0.2) is 0 Å². The van der Waals surface area contributed by atoms with Gasteiger partial charge in [-0.05, 0) is 48.9 Å². The summed E-state index contributed by atoms with van der Waals surface area (Å²) < 4.78 is 0. The number of rotatable bonds is 7. The molecule has 8 heteroatoms. The van der Waals surface area contributed by atoms with Gasteiger partial charge < -0.3 is 0 Å². The highest BCUT2D eigenvalue weighted by molar-refractivity contribution is 7.99. The normalized spacial score (nSPS) is 11.2. The molecule has 0 aliphatic carbocycles. The zero-order chi connectivity index (χ0) is 18.2. The molecule has 6 nitrogen and oxygen atoms in total. The molecule has 2 aromatic rings. The second-order valence-corrected chi connectivity index (χ2v) is 6.69. The molecule has 0 aliphatic heterocycles. The van der Waals surface area contributed by atoms with Gasteiger partial charge in [0.05, 0.1) is 10.6 Å². The van der Waals surface area contributed by atoms with Crippen molar-refractivity contribution in [1.29, 1.82) is 0 Å². The molecule has 1 N–H and O–H groups in total. The Balaban J connectivity index is 1.80. The zero-order valence-electron chi connectivity index (χ0n) is 13.4. The van der Waals surface area contributed by atoms with Crippen LogP contribution in [0, 0.1) is 10.1 Å². The predicted octanol–water partition coefficient (Wildman–Crippen LogP) is 4.27. The van der Waals surface area contributed by atoms with Gasteiger partial charge in [-0.25, -0.2) is 5.43 Å².